The number of aromatic nitrogens is 3. The first-order chi connectivity index (χ1) is 16.3. The third-order valence-electron chi connectivity index (χ3n) is 7.10. The number of carbonyl (C=O) groups excluding carboxylic acids is 1. The zero-order valence-corrected chi connectivity index (χ0v) is 19.9. The van der Waals surface area contributed by atoms with Crippen LogP contribution in [0.3, 0.4) is 0 Å². The molecule has 1 atom stereocenters. The van der Waals surface area contributed by atoms with E-state index in [4.69, 9.17) is 5.10 Å². The van der Waals surface area contributed by atoms with Crippen LogP contribution in [0.2, 0.25) is 0 Å². The summed E-state index contributed by atoms with van der Waals surface area (Å²) in [5.74, 6) is 0.933. The second kappa shape index (κ2) is 8.32. The first-order valence-electron chi connectivity index (χ1n) is 11.9. The van der Waals surface area contributed by atoms with Crippen LogP contribution in [0.4, 0.5) is 11.5 Å². The molecule has 0 bridgehead atoms. The maximum Gasteiger partial charge on any atom is 0.261 e. The van der Waals surface area contributed by atoms with Crippen LogP contribution in [0.15, 0.2) is 35.3 Å². The summed E-state index contributed by atoms with van der Waals surface area (Å²) in [7, 11) is 0. The molecule has 1 aromatic carbocycles. The number of fused-ring (bicyclic) bond motifs is 1. The van der Waals surface area contributed by atoms with Gasteiger partial charge in [0.25, 0.3) is 11.5 Å². The van der Waals surface area contributed by atoms with Crippen LogP contribution in [-0.2, 0) is 0 Å². The molecule has 1 saturated carbocycles. The monoisotopic (exact) mass is 458 g/mol. The van der Waals surface area contributed by atoms with Gasteiger partial charge in [-0.05, 0) is 67.3 Å². The highest BCUT2D eigenvalue weighted by Crippen LogP contribution is 2.43. The highest BCUT2D eigenvalue weighted by atomic mass is 16.2. The van der Waals surface area contributed by atoms with E-state index in [0.717, 1.165) is 49.1 Å². The fraction of sp³-hybridized carbons (Fsp3) is 0.462. The molecule has 5 rings (SSSR count). The van der Waals surface area contributed by atoms with Gasteiger partial charge in [0, 0.05) is 30.5 Å². The predicted molar refractivity (Wildman–Crippen MR) is 131 cm³/mol. The average molecular weight is 459 g/mol. The minimum absolute atomic E-state index is 0.0451. The Labute approximate surface area is 198 Å². The van der Waals surface area contributed by atoms with E-state index >= 15 is 0 Å². The molecule has 0 spiro atoms. The summed E-state index contributed by atoms with van der Waals surface area (Å²) >= 11 is 0. The van der Waals surface area contributed by atoms with Crippen LogP contribution in [0.25, 0.3) is 10.9 Å². The minimum Gasteiger partial charge on any atom is -0.338 e. The number of carbonyl (C=O) groups is 1. The van der Waals surface area contributed by atoms with Gasteiger partial charge in [0.05, 0.1) is 24.0 Å². The van der Waals surface area contributed by atoms with Crippen molar-refractivity contribution in [2.45, 2.75) is 52.5 Å². The van der Waals surface area contributed by atoms with E-state index in [1.807, 2.05) is 40.8 Å². The van der Waals surface area contributed by atoms with Crippen LogP contribution in [0.5, 0.6) is 0 Å². The number of anilines is 2. The Balaban J connectivity index is 1.46. The summed E-state index contributed by atoms with van der Waals surface area (Å²) in [6.45, 7) is 7.86. The van der Waals surface area contributed by atoms with Crippen molar-refractivity contribution in [2.75, 3.05) is 18.4 Å². The van der Waals surface area contributed by atoms with Crippen molar-refractivity contribution in [3.8, 4) is 6.07 Å². The van der Waals surface area contributed by atoms with E-state index in [2.05, 4.69) is 30.2 Å². The van der Waals surface area contributed by atoms with Gasteiger partial charge in [0.1, 0.15) is 5.39 Å². The van der Waals surface area contributed by atoms with Crippen molar-refractivity contribution in [3.05, 3.63) is 51.9 Å². The molecule has 3 heterocycles. The lowest BCUT2D eigenvalue weighted by atomic mass is 9.93. The van der Waals surface area contributed by atoms with E-state index in [9.17, 15) is 14.9 Å². The molecule has 1 aliphatic carbocycles. The Morgan fingerprint density at radius 3 is 2.79 bits per heavy atom. The number of nitrogens with zero attached hydrogens (tertiary/aromatic N) is 4. The maximum atomic E-state index is 13.1. The topological polar surface area (TPSA) is 107 Å². The summed E-state index contributed by atoms with van der Waals surface area (Å²) in [6, 6.07) is 9.69. The van der Waals surface area contributed by atoms with Crippen molar-refractivity contribution in [3.63, 3.8) is 0 Å². The predicted octanol–water partition coefficient (Wildman–Crippen LogP) is 4.51. The normalized spacial score (nSPS) is 18.1. The Morgan fingerprint density at radius 2 is 2.15 bits per heavy atom. The molecule has 3 aromatic rings. The number of hydrogen-bond donors (Lipinski definition) is 2. The molecule has 34 heavy (non-hydrogen) atoms. The summed E-state index contributed by atoms with van der Waals surface area (Å²) < 4.78 is 1.84. The third kappa shape index (κ3) is 4.07. The second-order valence-corrected chi connectivity index (χ2v) is 10.4. The van der Waals surface area contributed by atoms with E-state index in [1.165, 1.54) is 0 Å². The van der Waals surface area contributed by atoms with Gasteiger partial charge >= 0.3 is 0 Å². The van der Waals surface area contributed by atoms with Crippen molar-refractivity contribution < 1.29 is 4.79 Å². The van der Waals surface area contributed by atoms with E-state index in [0.29, 0.717) is 29.1 Å². The van der Waals surface area contributed by atoms with E-state index in [-0.39, 0.29) is 22.9 Å². The Bertz CT molecular complexity index is 1360. The van der Waals surface area contributed by atoms with E-state index in [1.54, 1.807) is 6.20 Å². The molecule has 1 unspecified atom stereocenters. The van der Waals surface area contributed by atoms with Crippen molar-refractivity contribution in [1.29, 1.82) is 5.26 Å². The zero-order chi connectivity index (χ0) is 24.0. The molecule has 2 N–H and O–H groups in total. The van der Waals surface area contributed by atoms with Crippen LogP contribution < -0.4 is 10.9 Å². The molecule has 2 aromatic heterocycles. The lowest BCUT2D eigenvalue weighted by Crippen LogP contribution is -2.30. The third-order valence-corrected chi connectivity index (χ3v) is 7.10. The fourth-order valence-electron chi connectivity index (χ4n) is 5.04. The number of nitrogens with one attached hydrogen (secondary N) is 2. The number of aryl methyl sites for hydroxylation is 1. The molecule has 2 aliphatic rings. The number of nitriles is 1. The standard InChI is InChI=1S/C26H30N6O2/c1-16-14-18(6-7-19(16)25(34)31-13-10-26(2,3)15-31)29-23-22-21(9-12-28-24(22)33)32(30-23)20(8-11-27)17-4-5-17/h6-7,9,12,14,17,20H,4-5,8,10,13,15H2,1-3H3,(H,28,33)(H,29,30). The smallest absolute Gasteiger partial charge is 0.261 e. The average Bonchev–Trinajstić information content (AvgIpc) is 3.47. The SMILES string of the molecule is Cc1cc(Nc2nn(C(CC#N)C3CC3)c3cc[nH]c(=O)c23)ccc1C(=O)N1CCC(C)(C)C1. The van der Waals surface area contributed by atoms with Gasteiger partial charge in [0.2, 0.25) is 0 Å². The van der Waals surface area contributed by atoms with Gasteiger partial charge in [-0.1, -0.05) is 13.8 Å². The summed E-state index contributed by atoms with van der Waals surface area (Å²) in [4.78, 5) is 30.5. The minimum atomic E-state index is -0.224. The Morgan fingerprint density at radius 1 is 1.35 bits per heavy atom. The van der Waals surface area contributed by atoms with Gasteiger partial charge in [-0.15, -0.1) is 0 Å². The quantitative estimate of drug-likeness (QED) is 0.565. The van der Waals surface area contributed by atoms with Crippen molar-refractivity contribution in [2.24, 2.45) is 11.3 Å². The molecule has 2 fully saturated rings. The molecule has 176 valence electrons. The second-order valence-electron chi connectivity index (χ2n) is 10.4. The molecule has 1 saturated heterocycles. The summed E-state index contributed by atoms with van der Waals surface area (Å²) in [6.07, 6.45) is 5.13. The number of likely N-dealkylation sites (tertiary alicyclic amines) is 1. The van der Waals surface area contributed by atoms with Crippen molar-refractivity contribution in [1.82, 2.24) is 19.7 Å². The van der Waals surface area contributed by atoms with Crippen LogP contribution in [-0.4, -0.2) is 38.7 Å². The molecule has 1 aliphatic heterocycles. The fourth-order valence-corrected chi connectivity index (χ4v) is 5.04. The van der Waals surface area contributed by atoms with Gasteiger partial charge in [0.15, 0.2) is 5.82 Å². The highest BCUT2D eigenvalue weighted by Gasteiger charge is 2.35. The van der Waals surface area contributed by atoms with Gasteiger partial charge < -0.3 is 15.2 Å². The number of amides is 1. The van der Waals surface area contributed by atoms with E-state index < -0.39 is 0 Å². The molecule has 0 radical (unpaired) electrons. The number of hydrogen-bond acceptors (Lipinski definition) is 5. The lowest BCUT2D eigenvalue weighted by molar-refractivity contribution is 0.0777. The molecular formula is C26H30N6O2. The lowest BCUT2D eigenvalue weighted by Gasteiger charge is -2.21. The number of pyridine rings is 1. The molecule has 1 amide bonds. The Kier molecular flexibility index (Phi) is 5.43. The highest BCUT2D eigenvalue weighted by molar-refractivity contribution is 5.97. The van der Waals surface area contributed by atoms with Crippen LogP contribution >= 0.6 is 0 Å². The number of rotatable bonds is 6. The Hall–Kier alpha value is -3.60. The largest absolute Gasteiger partial charge is 0.338 e. The van der Waals surface area contributed by atoms with Gasteiger partial charge in [-0.2, -0.15) is 10.4 Å². The number of aromatic amines is 1. The van der Waals surface area contributed by atoms with Crippen LogP contribution in [0.1, 0.15) is 61.5 Å². The number of H-pyrrole nitrogens is 1. The molecular weight excluding hydrogens is 428 g/mol. The van der Waals surface area contributed by atoms with Crippen LogP contribution in [0, 0.1) is 29.6 Å². The maximum absolute atomic E-state index is 13.1. The number of benzene rings is 1. The molecule has 8 heteroatoms. The summed E-state index contributed by atoms with van der Waals surface area (Å²) in [5.41, 5.74) is 2.98. The summed E-state index contributed by atoms with van der Waals surface area (Å²) in [5, 5.41) is 17.9. The van der Waals surface area contributed by atoms with Gasteiger partial charge in [-0.3, -0.25) is 14.3 Å². The zero-order valence-electron chi connectivity index (χ0n) is 19.9. The first kappa shape index (κ1) is 22.2. The van der Waals surface area contributed by atoms with Gasteiger partial charge in [-0.25, -0.2) is 0 Å². The van der Waals surface area contributed by atoms with Crippen molar-refractivity contribution >= 4 is 28.3 Å². The first-order valence-corrected chi connectivity index (χ1v) is 11.9. The molecule has 8 nitrogen and oxygen atoms in total.